The molecule has 1 aromatic rings. The van der Waals surface area contributed by atoms with Gasteiger partial charge in [-0.25, -0.2) is 8.78 Å². The lowest BCUT2D eigenvalue weighted by atomic mass is 9.78. The highest BCUT2D eigenvalue weighted by molar-refractivity contribution is 5.22. The first-order valence-corrected chi connectivity index (χ1v) is 6.95. The van der Waals surface area contributed by atoms with Gasteiger partial charge in [0, 0.05) is 0 Å². The molecule has 102 valence electrons. The summed E-state index contributed by atoms with van der Waals surface area (Å²) in [4.78, 5) is 0. The molecule has 0 saturated heterocycles. The molecule has 2 heteroatoms. The summed E-state index contributed by atoms with van der Waals surface area (Å²) >= 11 is 0. The Morgan fingerprint density at radius 3 is 2.37 bits per heavy atom. The number of allylic oxidation sites excluding steroid dienone is 4. The molecule has 1 aromatic carbocycles. The first-order valence-electron chi connectivity index (χ1n) is 6.95. The van der Waals surface area contributed by atoms with Gasteiger partial charge in [0.1, 0.15) is 0 Å². The van der Waals surface area contributed by atoms with Crippen molar-refractivity contribution in [2.45, 2.75) is 38.5 Å². The Hall–Kier alpha value is -1.44. The average Bonchev–Trinajstić information content (AvgIpc) is 2.43. The summed E-state index contributed by atoms with van der Waals surface area (Å²) in [6.07, 6.45) is 12.8. The zero-order valence-electron chi connectivity index (χ0n) is 11.3. The van der Waals surface area contributed by atoms with Crippen LogP contribution in [-0.4, -0.2) is 0 Å². The molecule has 0 aromatic heterocycles. The summed E-state index contributed by atoms with van der Waals surface area (Å²) < 4.78 is 26.1. The molecule has 1 aliphatic carbocycles. The van der Waals surface area contributed by atoms with Gasteiger partial charge in [-0.1, -0.05) is 30.4 Å². The van der Waals surface area contributed by atoms with E-state index in [0.29, 0.717) is 11.8 Å². The fourth-order valence-electron chi connectivity index (χ4n) is 2.74. The van der Waals surface area contributed by atoms with E-state index in [0.717, 1.165) is 31.2 Å². The van der Waals surface area contributed by atoms with Gasteiger partial charge in [-0.05, 0) is 62.1 Å². The number of hydrogen-bond donors (Lipinski definition) is 0. The van der Waals surface area contributed by atoms with Crippen molar-refractivity contribution in [2.24, 2.45) is 5.92 Å². The minimum Gasteiger partial charge on any atom is -0.204 e. The Morgan fingerprint density at radius 2 is 1.74 bits per heavy atom. The third kappa shape index (κ3) is 3.76. The normalized spacial score (nSPS) is 24.4. The van der Waals surface area contributed by atoms with Crippen LogP contribution in [0, 0.1) is 17.6 Å². The Kier molecular flexibility index (Phi) is 4.89. The average molecular weight is 262 g/mol. The minimum absolute atomic E-state index is 0.376. The Morgan fingerprint density at radius 1 is 1.00 bits per heavy atom. The van der Waals surface area contributed by atoms with Crippen LogP contribution in [0.25, 0.3) is 0 Å². The van der Waals surface area contributed by atoms with Crippen LogP contribution in [0.5, 0.6) is 0 Å². The predicted octanol–water partition coefficient (Wildman–Crippen LogP) is 5.37. The smallest absolute Gasteiger partial charge is 0.159 e. The summed E-state index contributed by atoms with van der Waals surface area (Å²) in [5, 5.41) is 0. The van der Waals surface area contributed by atoms with E-state index in [1.807, 2.05) is 19.1 Å². The quantitative estimate of drug-likeness (QED) is 0.642. The topological polar surface area (TPSA) is 0 Å². The van der Waals surface area contributed by atoms with Crippen molar-refractivity contribution in [1.29, 1.82) is 0 Å². The second-order valence-corrected chi connectivity index (χ2v) is 5.20. The van der Waals surface area contributed by atoms with Crippen LogP contribution in [0.4, 0.5) is 8.78 Å². The first kappa shape index (κ1) is 14.0. The van der Waals surface area contributed by atoms with Gasteiger partial charge in [-0.3, -0.25) is 0 Å². The fraction of sp³-hybridized carbons (Fsp3) is 0.412. The van der Waals surface area contributed by atoms with Crippen molar-refractivity contribution in [3.05, 3.63) is 59.7 Å². The molecule has 1 aliphatic rings. The number of hydrogen-bond acceptors (Lipinski definition) is 0. The SMILES string of the molecule is C/C=C/C=C/C1CCC(c2ccc(F)c(F)c2)CC1. The minimum atomic E-state index is -0.758. The molecule has 1 saturated carbocycles. The van der Waals surface area contributed by atoms with E-state index < -0.39 is 11.6 Å². The second kappa shape index (κ2) is 6.65. The van der Waals surface area contributed by atoms with Crippen LogP contribution >= 0.6 is 0 Å². The van der Waals surface area contributed by atoms with E-state index in [2.05, 4.69) is 12.2 Å². The number of benzene rings is 1. The van der Waals surface area contributed by atoms with Gasteiger partial charge >= 0.3 is 0 Å². The zero-order chi connectivity index (χ0) is 13.7. The van der Waals surface area contributed by atoms with Gasteiger partial charge in [-0.15, -0.1) is 0 Å². The molecule has 0 atom stereocenters. The summed E-state index contributed by atoms with van der Waals surface area (Å²) in [5.41, 5.74) is 0.940. The van der Waals surface area contributed by atoms with Crippen LogP contribution in [-0.2, 0) is 0 Å². The molecule has 0 N–H and O–H groups in total. The summed E-state index contributed by atoms with van der Waals surface area (Å²) in [5.74, 6) is -0.487. The summed E-state index contributed by atoms with van der Waals surface area (Å²) in [7, 11) is 0. The number of halogens is 2. The van der Waals surface area contributed by atoms with Gasteiger partial charge in [0.2, 0.25) is 0 Å². The second-order valence-electron chi connectivity index (χ2n) is 5.20. The largest absolute Gasteiger partial charge is 0.204 e. The maximum absolute atomic E-state index is 13.2. The van der Waals surface area contributed by atoms with E-state index in [4.69, 9.17) is 0 Å². The van der Waals surface area contributed by atoms with Crippen molar-refractivity contribution in [3.8, 4) is 0 Å². The molecule has 0 unspecified atom stereocenters. The molecule has 0 heterocycles. The molecular weight excluding hydrogens is 242 g/mol. The van der Waals surface area contributed by atoms with Crippen molar-refractivity contribution < 1.29 is 8.78 Å². The van der Waals surface area contributed by atoms with Crippen molar-refractivity contribution in [3.63, 3.8) is 0 Å². The van der Waals surface area contributed by atoms with E-state index in [1.54, 1.807) is 6.07 Å². The molecule has 0 radical (unpaired) electrons. The highest BCUT2D eigenvalue weighted by Crippen LogP contribution is 2.36. The number of rotatable bonds is 3. The lowest BCUT2D eigenvalue weighted by Crippen LogP contribution is -2.12. The standard InChI is InChI=1S/C17H20F2/c1-2-3-4-5-13-6-8-14(9-7-13)15-10-11-16(18)17(19)12-15/h2-5,10-14H,6-9H2,1H3/b3-2+,5-4+. The third-order valence-corrected chi connectivity index (χ3v) is 3.87. The lowest BCUT2D eigenvalue weighted by molar-refractivity contribution is 0.374. The molecule has 0 amide bonds. The van der Waals surface area contributed by atoms with E-state index >= 15 is 0 Å². The first-order chi connectivity index (χ1) is 9.20. The van der Waals surface area contributed by atoms with Gasteiger partial charge in [-0.2, -0.15) is 0 Å². The van der Waals surface area contributed by atoms with Crippen molar-refractivity contribution >= 4 is 0 Å². The summed E-state index contributed by atoms with van der Waals surface area (Å²) in [6.45, 7) is 2.00. The van der Waals surface area contributed by atoms with Gasteiger partial charge in [0.05, 0.1) is 0 Å². The molecule has 0 bridgehead atoms. The molecule has 0 nitrogen and oxygen atoms in total. The Labute approximate surface area is 113 Å². The van der Waals surface area contributed by atoms with Crippen LogP contribution in [0.3, 0.4) is 0 Å². The Balaban J connectivity index is 1.94. The molecular formula is C17H20F2. The van der Waals surface area contributed by atoms with E-state index in [-0.39, 0.29) is 0 Å². The maximum Gasteiger partial charge on any atom is 0.159 e. The van der Waals surface area contributed by atoms with Crippen LogP contribution < -0.4 is 0 Å². The van der Waals surface area contributed by atoms with Gasteiger partial charge < -0.3 is 0 Å². The van der Waals surface area contributed by atoms with Crippen molar-refractivity contribution in [2.75, 3.05) is 0 Å². The molecule has 0 aliphatic heterocycles. The highest BCUT2D eigenvalue weighted by atomic mass is 19.2. The maximum atomic E-state index is 13.2. The third-order valence-electron chi connectivity index (χ3n) is 3.87. The van der Waals surface area contributed by atoms with E-state index in [1.165, 1.54) is 12.1 Å². The van der Waals surface area contributed by atoms with Crippen molar-refractivity contribution in [1.82, 2.24) is 0 Å². The molecule has 0 spiro atoms. The highest BCUT2D eigenvalue weighted by Gasteiger charge is 2.21. The monoisotopic (exact) mass is 262 g/mol. The van der Waals surface area contributed by atoms with E-state index in [9.17, 15) is 8.78 Å². The zero-order valence-corrected chi connectivity index (χ0v) is 11.3. The molecule has 1 fully saturated rings. The van der Waals surface area contributed by atoms with Crippen LogP contribution in [0.2, 0.25) is 0 Å². The van der Waals surface area contributed by atoms with Gasteiger partial charge in [0.25, 0.3) is 0 Å². The predicted molar refractivity (Wildman–Crippen MR) is 75.0 cm³/mol. The van der Waals surface area contributed by atoms with Crippen LogP contribution in [0.1, 0.15) is 44.1 Å². The van der Waals surface area contributed by atoms with Gasteiger partial charge in [0.15, 0.2) is 11.6 Å². The summed E-state index contributed by atoms with van der Waals surface area (Å²) in [6, 6.07) is 4.32. The Bertz CT molecular complexity index is 466. The lowest BCUT2D eigenvalue weighted by Gasteiger charge is -2.27. The molecule has 19 heavy (non-hydrogen) atoms. The van der Waals surface area contributed by atoms with Crippen LogP contribution in [0.15, 0.2) is 42.5 Å². The fourth-order valence-corrected chi connectivity index (χ4v) is 2.74. The molecule has 2 rings (SSSR count).